The minimum absolute atomic E-state index is 0.367. The fourth-order valence-electron chi connectivity index (χ4n) is 3.32. The predicted octanol–water partition coefficient (Wildman–Crippen LogP) is 4.33. The van der Waals surface area contributed by atoms with Crippen LogP contribution in [0.15, 0.2) is 50.0 Å². The summed E-state index contributed by atoms with van der Waals surface area (Å²) in [5.41, 5.74) is 0.115. The van der Waals surface area contributed by atoms with Crippen LogP contribution in [0.5, 0.6) is 0 Å². The Morgan fingerprint density at radius 2 is 1.68 bits per heavy atom. The van der Waals surface area contributed by atoms with Gasteiger partial charge in [0.1, 0.15) is 0 Å². The van der Waals surface area contributed by atoms with Gasteiger partial charge >= 0.3 is 5.69 Å². The largest absolute Gasteiger partial charge is 0.329 e. The minimum atomic E-state index is -0.436. The molecule has 0 aliphatic carbocycles. The summed E-state index contributed by atoms with van der Waals surface area (Å²) in [5, 5.41) is 0.749. The van der Waals surface area contributed by atoms with Crippen molar-refractivity contribution < 1.29 is 0 Å². The number of hydrogen-bond donors (Lipinski definition) is 1. The zero-order valence-corrected chi connectivity index (χ0v) is 17.4. The number of nitrogens with zero attached hydrogens (tertiary/aromatic N) is 3. The van der Waals surface area contributed by atoms with E-state index < -0.39 is 5.69 Å². The molecule has 6 nitrogen and oxygen atoms in total. The van der Waals surface area contributed by atoms with Gasteiger partial charge in [-0.15, -0.1) is 0 Å². The number of fused-ring (bicyclic) bond motifs is 1. The molecule has 1 aromatic carbocycles. The van der Waals surface area contributed by atoms with Crippen LogP contribution in [-0.2, 0) is 13.6 Å². The summed E-state index contributed by atoms with van der Waals surface area (Å²) in [5.74, 6) is 0. The van der Waals surface area contributed by atoms with E-state index in [1.54, 1.807) is 7.05 Å². The molecule has 0 fully saturated rings. The van der Waals surface area contributed by atoms with Crippen molar-refractivity contribution in [2.24, 2.45) is 7.05 Å². The molecule has 1 N–H and O–H groups in total. The Labute approximate surface area is 169 Å². The quantitative estimate of drug-likeness (QED) is 0.514. The maximum Gasteiger partial charge on any atom is 0.329 e. The molecule has 0 aliphatic rings. The molecule has 0 aliphatic heterocycles. The molecule has 2 heterocycles. The molecule has 28 heavy (non-hydrogen) atoms. The van der Waals surface area contributed by atoms with Crippen LogP contribution < -0.4 is 11.2 Å². The first-order valence-corrected chi connectivity index (χ1v) is 10.9. The van der Waals surface area contributed by atoms with E-state index in [1.807, 2.05) is 34.9 Å². The molecule has 3 rings (SSSR count). The molecule has 0 unspecified atom stereocenters. The van der Waals surface area contributed by atoms with E-state index in [0.29, 0.717) is 11.2 Å². The summed E-state index contributed by atoms with van der Waals surface area (Å²) < 4.78 is 3.38. The van der Waals surface area contributed by atoms with Crippen LogP contribution in [0.25, 0.3) is 11.2 Å². The van der Waals surface area contributed by atoms with Gasteiger partial charge in [0.15, 0.2) is 16.3 Å². The van der Waals surface area contributed by atoms with Crippen molar-refractivity contribution in [3.63, 3.8) is 0 Å². The Balaban J connectivity index is 1.85. The second-order valence-corrected chi connectivity index (χ2v) is 8.11. The molecule has 2 aromatic heterocycles. The summed E-state index contributed by atoms with van der Waals surface area (Å²) in [6.07, 6.45) is 8.43. The fraction of sp³-hybridized carbons (Fsp3) is 0.476. The van der Waals surface area contributed by atoms with E-state index in [2.05, 4.69) is 16.9 Å². The number of aryl methyl sites for hydroxylation is 2. The molecule has 0 saturated heterocycles. The van der Waals surface area contributed by atoms with Crippen LogP contribution in [-0.4, -0.2) is 19.1 Å². The van der Waals surface area contributed by atoms with Crippen molar-refractivity contribution in [1.29, 1.82) is 0 Å². The van der Waals surface area contributed by atoms with Gasteiger partial charge in [-0.2, -0.15) is 0 Å². The number of H-pyrrole nitrogens is 1. The Kier molecular flexibility index (Phi) is 7.14. The van der Waals surface area contributed by atoms with Crippen molar-refractivity contribution in [3.8, 4) is 0 Å². The third-order valence-electron chi connectivity index (χ3n) is 4.91. The van der Waals surface area contributed by atoms with E-state index in [0.717, 1.165) is 29.4 Å². The topological polar surface area (TPSA) is 72.7 Å². The Hall–Kier alpha value is -2.28. The number of aromatic amines is 1. The third kappa shape index (κ3) is 4.76. The number of benzene rings is 1. The number of unbranched alkanes of at least 4 members (excludes halogenated alkanes) is 6. The van der Waals surface area contributed by atoms with Crippen molar-refractivity contribution in [2.45, 2.75) is 68.5 Å². The lowest BCUT2D eigenvalue weighted by Crippen LogP contribution is -2.29. The van der Waals surface area contributed by atoms with Crippen LogP contribution in [0.2, 0.25) is 0 Å². The maximum atomic E-state index is 12.5. The maximum absolute atomic E-state index is 12.5. The Morgan fingerprint density at radius 1 is 1.00 bits per heavy atom. The number of hydrogen-bond acceptors (Lipinski definition) is 4. The first-order valence-electron chi connectivity index (χ1n) is 10.0. The van der Waals surface area contributed by atoms with Gasteiger partial charge in [-0.05, 0) is 18.6 Å². The number of aromatic nitrogens is 4. The van der Waals surface area contributed by atoms with Gasteiger partial charge in [0, 0.05) is 18.5 Å². The van der Waals surface area contributed by atoms with Crippen LogP contribution in [0.3, 0.4) is 0 Å². The second kappa shape index (κ2) is 9.78. The fourth-order valence-corrected chi connectivity index (χ4v) is 4.25. The zero-order valence-electron chi connectivity index (χ0n) is 16.6. The lowest BCUT2D eigenvalue weighted by molar-refractivity contribution is 0.538. The average molecular weight is 401 g/mol. The Bertz CT molecular complexity index is 1020. The monoisotopic (exact) mass is 400 g/mol. The molecule has 0 atom stereocenters. The van der Waals surface area contributed by atoms with Crippen molar-refractivity contribution in [2.75, 3.05) is 0 Å². The zero-order chi connectivity index (χ0) is 19.9. The van der Waals surface area contributed by atoms with Crippen LogP contribution in [0, 0.1) is 0 Å². The predicted molar refractivity (Wildman–Crippen MR) is 114 cm³/mol. The van der Waals surface area contributed by atoms with Crippen molar-refractivity contribution >= 4 is 22.9 Å². The first-order chi connectivity index (χ1) is 13.6. The van der Waals surface area contributed by atoms with Gasteiger partial charge in [0.05, 0.1) is 0 Å². The van der Waals surface area contributed by atoms with E-state index in [1.165, 1.54) is 48.4 Å². The lowest BCUT2D eigenvalue weighted by atomic mass is 10.1. The highest BCUT2D eigenvalue weighted by Crippen LogP contribution is 2.29. The van der Waals surface area contributed by atoms with Crippen molar-refractivity contribution in [1.82, 2.24) is 19.1 Å². The smallest absolute Gasteiger partial charge is 0.313 e. The summed E-state index contributed by atoms with van der Waals surface area (Å²) in [6.45, 7) is 2.95. The summed E-state index contributed by atoms with van der Waals surface area (Å²) in [7, 11) is 1.64. The Morgan fingerprint density at radius 3 is 2.39 bits per heavy atom. The van der Waals surface area contributed by atoms with Gasteiger partial charge in [-0.3, -0.25) is 14.3 Å². The van der Waals surface area contributed by atoms with Gasteiger partial charge in [-0.1, -0.05) is 75.4 Å². The first kappa shape index (κ1) is 20.5. The van der Waals surface area contributed by atoms with Crippen LogP contribution in [0.4, 0.5) is 0 Å². The average Bonchev–Trinajstić information content (AvgIpc) is 3.05. The normalized spacial score (nSPS) is 11.4. The molecule has 0 radical (unpaired) electrons. The van der Waals surface area contributed by atoms with E-state index in [4.69, 9.17) is 0 Å². The summed E-state index contributed by atoms with van der Waals surface area (Å²) in [6, 6.07) is 9.97. The van der Waals surface area contributed by atoms with E-state index in [9.17, 15) is 9.59 Å². The summed E-state index contributed by atoms with van der Waals surface area (Å²) >= 11 is 1.52. The molecule has 0 bridgehead atoms. The molecule has 3 aromatic rings. The lowest BCUT2D eigenvalue weighted by Gasteiger charge is -2.08. The molecular weight excluding hydrogens is 372 g/mol. The van der Waals surface area contributed by atoms with Gasteiger partial charge in [-0.25, -0.2) is 9.78 Å². The summed E-state index contributed by atoms with van der Waals surface area (Å²) in [4.78, 5) is 32.6. The third-order valence-corrected chi connectivity index (χ3v) is 5.91. The molecule has 7 heteroatoms. The molecule has 0 saturated carbocycles. The molecule has 150 valence electrons. The van der Waals surface area contributed by atoms with Crippen LogP contribution in [0.1, 0.15) is 51.9 Å². The van der Waals surface area contributed by atoms with Crippen molar-refractivity contribution in [3.05, 3.63) is 51.2 Å². The highest BCUT2D eigenvalue weighted by atomic mass is 32.2. The van der Waals surface area contributed by atoms with E-state index >= 15 is 0 Å². The highest BCUT2D eigenvalue weighted by Gasteiger charge is 2.17. The minimum Gasteiger partial charge on any atom is -0.313 e. The molecule has 0 amide bonds. The van der Waals surface area contributed by atoms with Gasteiger partial charge in [0.2, 0.25) is 0 Å². The number of rotatable bonds is 10. The van der Waals surface area contributed by atoms with Crippen LogP contribution >= 0.6 is 11.8 Å². The van der Waals surface area contributed by atoms with Gasteiger partial charge < -0.3 is 4.57 Å². The number of nitrogens with one attached hydrogen (secondary N) is 1. The van der Waals surface area contributed by atoms with E-state index in [-0.39, 0.29) is 5.56 Å². The standard InChI is InChI=1S/C21H28N4O2S/c1-3-4-5-6-7-8-12-15-25-17-18(24(2)20(27)23-19(17)26)22-21(25)28-16-13-10-9-11-14-16/h9-11,13-14H,3-8,12,15H2,1-2H3,(H,23,26,27). The molecule has 0 spiro atoms. The SMILES string of the molecule is CCCCCCCCCn1c(Sc2ccccc2)nc2c1c(=O)[nH]c(=O)n2C. The van der Waals surface area contributed by atoms with Gasteiger partial charge in [0.25, 0.3) is 5.56 Å². The molecular formula is C21H28N4O2S. The highest BCUT2D eigenvalue weighted by molar-refractivity contribution is 7.99. The second-order valence-electron chi connectivity index (χ2n) is 7.07. The number of imidazole rings is 1.